The van der Waals surface area contributed by atoms with Crippen molar-refractivity contribution in [1.82, 2.24) is 4.98 Å². The minimum absolute atomic E-state index is 0.363. The smallest absolute Gasteiger partial charge is 0.159 e. The monoisotopic (exact) mass is 233 g/mol. The van der Waals surface area contributed by atoms with Crippen molar-refractivity contribution in [2.24, 2.45) is 10.7 Å². The Balaban J connectivity index is 2.46. The summed E-state index contributed by atoms with van der Waals surface area (Å²) in [7, 11) is 0. The lowest BCUT2D eigenvalue weighted by Gasteiger charge is -2.29. The second-order valence-corrected chi connectivity index (χ2v) is 5.46. The minimum atomic E-state index is -0.363. The number of thioether (sulfide) groups is 1. The first-order valence-corrected chi connectivity index (χ1v) is 5.95. The van der Waals surface area contributed by atoms with E-state index in [0.717, 1.165) is 17.0 Å². The first kappa shape index (κ1) is 11.2. The van der Waals surface area contributed by atoms with Crippen molar-refractivity contribution < 1.29 is 0 Å². The van der Waals surface area contributed by atoms with Gasteiger partial charge in [-0.3, -0.25) is 4.98 Å². The lowest BCUT2D eigenvalue weighted by molar-refractivity contribution is 0.485. The number of pyridine rings is 1. The van der Waals surface area contributed by atoms with Crippen LogP contribution in [0.2, 0.25) is 0 Å². The first-order chi connectivity index (χ1) is 7.49. The van der Waals surface area contributed by atoms with E-state index in [1.165, 1.54) is 17.3 Å². The Morgan fingerprint density at radius 3 is 2.94 bits per heavy atom. The van der Waals surface area contributed by atoms with Gasteiger partial charge in [0.2, 0.25) is 0 Å². The fraction of sp³-hybridized carbons (Fsp3) is 0.333. The average Bonchev–Trinajstić information content (AvgIpc) is 2.15. The molecular formula is C12H15N3S. The predicted octanol–water partition coefficient (Wildman–Crippen LogP) is 2.57. The molecule has 3 nitrogen and oxygen atoms in total. The Morgan fingerprint density at radius 2 is 2.31 bits per heavy atom. The van der Waals surface area contributed by atoms with E-state index < -0.39 is 0 Å². The third-order valence-electron chi connectivity index (χ3n) is 2.61. The molecule has 0 fully saturated rings. The largest absolute Gasteiger partial charge is 0.378 e. The van der Waals surface area contributed by atoms with Crippen LogP contribution in [0, 0.1) is 6.92 Å². The Bertz CT molecular complexity index is 467. The molecule has 4 heteroatoms. The molecule has 2 N–H and O–H groups in total. The standard InChI is InChI=1S/C12H15N3S/c1-8-4-5-14-10(6-8)12(3)7-9(2)16-11(13)15-12/h4-6H,2,7H2,1,3H3,(H2,13,15)/t12-/m0/s1. The van der Waals surface area contributed by atoms with E-state index in [2.05, 4.69) is 22.6 Å². The molecule has 1 aliphatic rings. The number of hydrogen-bond acceptors (Lipinski definition) is 4. The Morgan fingerprint density at radius 1 is 1.56 bits per heavy atom. The molecule has 2 rings (SSSR count). The van der Waals surface area contributed by atoms with Crippen LogP contribution in [-0.4, -0.2) is 10.2 Å². The fourth-order valence-corrected chi connectivity index (χ4v) is 2.75. The number of hydrogen-bond donors (Lipinski definition) is 1. The summed E-state index contributed by atoms with van der Waals surface area (Å²) in [5.41, 5.74) is 7.58. The van der Waals surface area contributed by atoms with Gasteiger partial charge in [-0.25, -0.2) is 4.99 Å². The summed E-state index contributed by atoms with van der Waals surface area (Å²) >= 11 is 1.45. The zero-order valence-electron chi connectivity index (χ0n) is 9.53. The maximum atomic E-state index is 5.80. The quantitative estimate of drug-likeness (QED) is 0.811. The molecule has 0 amide bonds. The van der Waals surface area contributed by atoms with Gasteiger partial charge in [0.25, 0.3) is 0 Å². The lowest BCUT2D eigenvalue weighted by Crippen LogP contribution is -2.28. The number of amidine groups is 1. The first-order valence-electron chi connectivity index (χ1n) is 5.14. The van der Waals surface area contributed by atoms with Gasteiger partial charge in [-0.15, -0.1) is 0 Å². The predicted molar refractivity (Wildman–Crippen MR) is 69.3 cm³/mol. The van der Waals surface area contributed by atoms with Crippen LogP contribution in [0.15, 0.2) is 34.8 Å². The summed E-state index contributed by atoms with van der Waals surface area (Å²) < 4.78 is 0. The van der Waals surface area contributed by atoms with Crippen molar-refractivity contribution in [3.63, 3.8) is 0 Å². The second kappa shape index (κ2) is 3.94. The van der Waals surface area contributed by atoms with Crippen LogP contribution >= 0.6 is 11.8 Å². The third-order valence-corrected chi connectivity index (χ3v) is 3.35. The molecule has 1 aromatic heterocycles. The lowest BCUT2D eigenvalue weighted by atomic mass is 9.93. The van der Waals surface area contributed by atoms with E-state index >= 15 is 0 Å². The van der Waals surface area contributed by atoms with Crippen molar-refractivity contribution in [3.8, 4) is 0 Å². The molecule has 0 radical (unpaired) electrons. The molecule has 0 saturated heterocycles. The topological polar surface area (TPSA) is 51.3 Å². The van der Waals surface area contributed by atoms with Crippen LogP contribution in [0.25, 0.3) is 0 Å². The van der Waals surface area contributed by atoms with E-state index in [-0.39, 0.29) is 5.54 Å². The third kappa shape index (κ3) is 2.11. The van der Waals surface area contributed by atoms with E-state index in [9.17, 15) is 0 Å². The Labute approximate surface area is 99.9 Å². The Kier molecular flexibility index (Phi) is 2.76. The van der Waals surface area contributed by atoms with Gasteiger partial charge < -0.3 is 5.73 Å². The van der Waals surface area contributed by atoms with E-state index in [0.29, 0.717) is 5.17 Å². The maximum absolute atomic E-state index is 5.80. The average molecular weight is 233 g/mol. The molecule has 1 aliphatic heterocycles. The highest BCUT2D eigenvalue weighted by Gasteiger charge is 2.32. The maximum Gasteiger partial charge on any atom is 0.159 e. The highest BCUT2D eigenvalue weighted by molar-refractivity contribution is 8.17. The summed E-state index contributed by atoms with van der Waals surface area (Å²) in [6.07, 6.45) is 2.60. The summed E-state index contributed by atoms with van der Waals surface area (Å²) in [4.78, 5) is 9.94. The Hall–Kier alpha value is -1.29. The molecule has 1 aromatic rings. The summed E-state index contributed by atoms with van der Waals surface area (Å²) in [6.45, 7) is 8.08. The molecule has 0 aliphatic carbocycles. The van der Waals surface area contributed by atoms with E-state index in [1.54, 1.807) is 0 Å². The molecule has 0 saturated carbocycles. The van der Waals surface area contributed by atoms with Gasteiger partial charge in [0.05, 0.1) is 5.69 Å². The molecule has 1 atom stereocenters. The summed E-state index contributed by atoms with van der Waals surface area (Å²) in [6, 6.07) is 4.03. The van der Waals surface area contributed by atoms with Crippen molar-refractivity contribution in [3.05, 3.63) is 41.1 Å². The van der Waals surface area contributed by atoms with Gasteiger partial charge in [0, 0.05) is 12.6 Å². The molecule has 0 bridgehead atoms. The minimum Gasteiger partial charge on any atom is -0.378 e. The number of rotatable bonds is 1. The molecule has 0 unspecified atom stereocenters. The molecular weight excluding hydrogens is 218 g/mol. The number of aryl methyl sites for hydroxylation is 1. The normalized spacial score (nSPS) is 25.4. The van der Waals surface area contributed by atoms with Crippen LogP contribution in [0.4, 0.5) is 0 Å². The van der Waals surface area contributed by atoms with Crippen molar-refractivity contribution in [2.75, 3.05) is 0 Å². The van der Waals surface area contributed by atoms with Crippen LogP contribution < -0.4 is 5.73 Å². The zero-order valence-corrected chi connectivity index (χ0v) is 10.3. The molecule has 0 spiro atoms. The van der Waals surface area contributed by atoms with Gasteiger partial charge in [-0.1, -0.05) is 18.3 Å². The second-order valence-electron chi connectivity index (χ2n) is 4.26. The number of aliphatic imine (C=N–C) groups is 1. The van der Waals surface area contributed by atoms with Gasteiger partial charge in [-0.2, -0.15) is 0 Å². The van der Waals surface area contributed by atoms with E-state index in [4.69, 9.17) is 5.73 Å². The van der Waals surface area contributed by atoms with Crippen molar-refractivity contribution in [1.29, 1.82) is 0 Å². The molecule has 0 aromatic carbocycles. The highest BCUT2D eigenvalue weighted by Crippen LogP contribution is 2.39. The van der Waals surface area contributed by atoms with Crippen molar-refractivity contribution in [2.45, 2.75) is 25.8 Å². The van der Waals surface area contributed by atoms with Crippen LogP contribution in [0.1, 0.15) is 24.6 Å². The van der Waals surface area contributed by atoms with Crippen LogP contribution in [-0.2, 0) is 5.54 Å². The molecule has 16 heavy (non-hydrogen) atoms. The highest BCUT2D eigenvalue weighted by atomic mass is 32.2. The number of aromatic nitrogens is 1. The molecule has 84 valence electrons. The van der Waals surface area contributed by atoms with E-state index in [1.807, 2.05) is 26.1 Å². The van der Waals surface area contributed by atoms with Crippen molar-refractivity contribution >= 4 is 16.9 Å². The zero-order chi connectivity index (χ0) is 11.8. The summed E-state index contributed by atoms with van der Waals surface area (Å²) in [5, 5.41) is 0.571. The van der Waals surface area contributed by atoms with Gasteiger partial charge in [0.15, 0.2) is 5.17 Å². The number of nitrogens with two attached hydrogens (primary N) is 1. The fourth-order valence-electron chi connectivity index (χ4n) is 1.85. The van der Waals surface area contributed by atoms with Crippen LogP contribution in [0.3, 0.4) is 0 Å². The van der Waals surface area contributed by atoms with Gasteiger partial charge in [-0.05, 0) is 36.4 Å². The summed E-state index contributed by atoms with van der Waals surface area (Å²) in [5.74, 6) is 0. The molecule has 2 heterocycles. The SMILES string of the molecule is C=C1C[C@@](C)(c2cc(C)ccn2)N=C(N)S1. The van der Waals surface area contributed by atoms with Crippen LogP contribution in [0.5, 0.6) is 0 Å². The van der Waals surface area contributed by atoms with Gasteiger partial charge in [0.1, 0.15) is 5.54 Å². The van der Waals surface area contributed by atoms with Gasteiger partial charge >= 0.3 is 0 Å². The number of nitrogens with zero attached hydrogens (tertiary/aromatic N) is 2.